The highest BCUT2D eigenvalue weighted by Crippen LogP contribution is 2.26. The van der Waals surface area contributed by atoms with Gasteiger partial charge < -0.3 is 10.5 Å². The van der Waals surface area contributed by atoms with Crippen LogP contribution in [0.2, 0.25) is 0 Å². The van der Waals surface area contributed by atoms with E-state index in [0.717, 1.165) is 11.3 Å². The summed E-state index contributed by atoms with van der Waals surface area (Å²) >= 11 is 0.889. The maximum atomic E-state index is 12.5. The number of hydrogen-bond donors (Lipinski definition) is 1. The minimum absolute atomic E-state index is 0.111. The molecule has 7 nitrogen and oxygen atoms in total. The molecule has 0 aliphatic rings. The molecule has 114 valence electrons. The maximum absolute atomic E-state index is 12.5. The number of methoxy groups -OCH3 is 1. The van der Waals surface area contributed by atoms with E-state index in [1.807, 2.05) is 13.8 Å². The van der Waals surface area contributed by atoms with E-state index in [2.05, 4.69) is 9.72 Å². The molecule has 1 heterocycles. The van der Waals surface area contributed by atoms with Gasteiger partial charge in [-0.05, 0) is 12.0 Å². The number of sulfonamides is 1. The van der Waals surface area contributed by atoms with Gasteiger partial charge in [-0.1, -0.05) is 13.8 Å². The number of nitrogens with two attached hydrogens (primary N) is 1. The molecular weight excluding hydrogens is 302 g/mol. The molecule has 1 aromatic heterocycles. The summed E-state index contributed by atoms with van der Waals surface area (Å²) in [6.45, 7) is 4.32. The third-order valence-electron chi connectivity index (χ3n) is 2.76. The van der Waals surface area contributed by atoms with Crippen LogP contribution >= 0.6 is 11.3 Å². The topological polar surface area (TPSA) is 103 Å². The van der Waals surface area contributed by atoms with Gasteiger partial charge >= 0.3 is 5.97 Å². The van der Waals surface area contributed by atoms with Crippen LogP contribution in [-0.2, 0) is 14.8 Å². The van der Waals surface area contributed by atoms with Crippen molar-refractivity contribution < 1.29 is 17.9 Å². The number of thiazole rings is 1. The lowest BCUT2D eigenvalue weighted by atomic mass is 9.94. The van der Waals surface area contributed by atoms with Crippen molar-refractivity contribution in [3.8, 4) is 0 Å². The number of carbonyl (C=O) groups excluding carboxylic acids is 1. The van der Waals surface area contributed by atoms with Gasteiger partial charge in [0.25, 0.3) is 10.0 Å². The van der Waals surface area contributed by atoms with Crippen LogP contribution in [-0.4, -0.2) is 50.9 Å². The Morgan fingerprint density at radius 3 is 2.65 bits per heavy atom. The van der Waals surface area contributed by atoms with Crippen LogP contribution < -0.4 is 5.73 Å². The van der Waals surface area contributed by atoms with Crippen molar-refractivity contribution in [3.05, 3.63) is 11.2 Å². The zero-order valence-electron chi connectivity index (χ0n) is 11.9. The summed E-state index contributed by atoms with van der Waals surface area (Å²) < 4.78 is 30.6. The number of ether oxygens (including phenoxy) is 1. The van der Waals surface area contributed by atoms with E-state index in [-0.39, 0.29) is 21.9 Å². The van der Waals surface area contributed by atoms with E-state index in [1.54, 1.807) is 0 Å². The van der Waals surface area contributed by atoms with Gasteiger partial charge in [0.05, 0.1) is 12.6 Å². The molecule has 0 spiro atoms. The average Bonchev–Trinajstić information content (AvgIpc) is 2.87. The third-order valence-corrected chi connectivity index (χ3v) is 5.91. The van der Waals surface area contributed by atoms with E-state index >= 15 is 0 Å². The second-order valence-electron chi connectivity index (χ2n) is 5.11. The fourth-order valence-electron chi connectivity index (χ4n) is 1.54. The van der Waals surface area contributed by atoms with Crippen LogP contribution in [0.5, 0.6) is 0 Å². The molecule has 9 heteroatoms. The van der Waals surface area contributed by atoms with Gasteiger partial charge in [0.15, 0.2) is 9.90 Å². The van der Waals surface area contributed by atoms with E-state index in [0.29, 0.717) is 6.54 Å². The van der Waals surface area contributed by atoms with Crippen molar-refractivity contribution in [1.82, 2.24) is 9.29 Å². The number of hydrogen-bond acceptors (Lipinski definition) is 7. The summed E-state index contributed by atoms with van der Waals surface area (Å²) in [5.41, 5.74) is 6.37. The molecule has 0 fully saturated rings. The van der Waals surface area contributed by atoms with Gasteiger partial charge in [-0.25, -0.2) is 18.2 Å². The van der Waals surface area contributed by atoms with Crippen LogP contribution in [0.25, 0.3) is 0 Å². The molecule has 0 saturated carbocycles. The van der Waals surface area contributed by atoms with E-state index in [4.69, 9.17) is 5.73 Å². The average molecular weight is 321 g/mol. The Bertz CT molecular complexity index is 580. The Balaban J connectivity index is 3.12. The molecule has 0 aliphatic carbocycles. The Kier molecular flexibility index (Phi) is 5.25. The largest absolute Gasteiger partial charge is 0.464 e. The first kappa shape index (κ1) is 17.0. The SMILES string of the molecule is COC(=O)c1ncsc1S(=O)(=O)N(C)CC(C)(C)CN. The minimum Gasteiger partial charge on any atom is -0.464 e. The summed E-state index contributed by atoms with van der Waals surface area (Å²) in [7, 11) is -1.16. The van der Waals surface area contributed by atoms with Gasteiger partial charge in [-0.3, -0.25) is 0 Å². The lowest BCUT2D eigenvalue weighted by molar-refractivity contribution is 0.0590. The first-order valence-electron chi connectivity index (χ1n) is 5.84. The van der Waals surface area contributed by atoms with Crippen molar-refractivity contribution in [2.24, 2.45) is 11.1 Å². The molecule has 1 rings (SSSR count). The molecule has 0 bridgehead atoms. The Labute approximate surface area is 122 Å². The highest BCUT2D eigenvalue weighted by Gasteiger charge is 2.32. The van der Waals surface area contributed by atoms with Crippen molar-refractivity contribution in [2.75, 3.05) is 27.2 Å². The van der Waals surface area contributed by atoms with Gasteiger partial charge in [0, 0.05) is 13.6 Å². The normalized spacial score (nSPS) is 12.7. The third kappa shape index (κ3) is 3.54. The van der Waals surface area contributed by atoms with Gasteiger partial charge in [-0.15, -0.1) is 11.3 Å². The predicted octanol–water partition coefficient (Wildman–Crippen LogP) is 0.535. The molecule has 2 N–H and O–H groups in total. The van der Waals surface area contributed by atoms with E-state index < -0.39 is 16.0 Å². The monoisotopic (exact) mass is 321 g/mol. The number of carbonyl (C=O) groups is 1. The summed E-state index contributed by atoms with van der Waals surface area (Å²) in [5, 5.41) is 0. The molecule has 0 atom stereocenters. The lowest BCUT2D eigenvalue weighted by Gasteiger charge is -2.28. The highest BCUT2D eigenvalue weighted by molar-refractivity contribution is 7.91. The van der Waals surface area contributed by atoms with Crippen molar-refractivity contribution in [1.29, 1.82) is 0 Å². The van der Waals surface area contributed by atoms with E-state index in [9.17, 15) is 13.2 Å². The molecular formula is C11H19N3O4S2. The van der Waals surface area contributed by atoms with Crippen molar-refractivity contribution >= 4 is 27.3 Å². The predicted molar refractivity (Wildman–Crippen MR) is 76.1 cm³/mol. The lowest BCUT2D eigenvalue weighted by Crippen LogP contribution is -2.39. The second-order valence-corrected chi connectivity index (χ2v) is 8.20. The molecule has 0 aliphatic heterocycles. The number of aromatic nitrogens is 1. The number of rotatable bonds is 6. The van der Waals surface area contributed by atoms with Crippen LogP contribution in [0.1, 0.15) is 24.3 Å². The molecule has 0 radical (unpaired) electrons. The molecule has 20 heavy (non-hydrogen) atoms. The molecule has 0 amide bonds. The number of esters is 1. The van der Waals surface area contributed by atoms with E-state index in [1.165, 1.54) is 24.0 Å². The summed E-state index contributed by atoms with van der Waals surface area (Å²) in [5.74, 6) is -0.767. The second kappa shape index (κ2) is 6.17. The quantitative estimate of drug-likeness (QED) is 0.767. The zero-order valence-corrected chi connectivity index (χ0v) is 13.5. The van der Waals surface area contributed by atoms with Gasteiger partial charge in [-0.2, -0.15) is 4.31 Å². The molecule has 0 saturated heterocycles. The number of nitrogens with zero attached hydrogens (tertiary/aromatic N) is 2. The molecule has 0 aromatic carbocycles. The van der Waals surface area contributed by atoms with Crippen LogP contribution in [0, 0.1) is 5.41 Å². The minimum atomic E-state index is -3.79. The standard InChI is InChI=1S/C11H19N3O4S2/c1-11(2,5-12)6-14(3)20(16,17)10-8(9(15)18-4)13-7-19-10/h7H,5-6,12H2,1-4H3. The molecule has 0 unspecified atom stereocenters. The first-order valence-corrected chi connectivity index (χ1v) is 8.16. The van der Waals surface area contributed by atoms with Crippen molar-refractivity contribution in [3.63, 3.8) is 0 Å². The Hall–Kier alpha value is -1.03. The van der Waals surface area contributed by atoms with Gasteiger partial charge in [0.1, 0.15) is 0 Å². The molecule has 1 aromatic rings. The summed E-state index contributed by atoms with van der Waals surface area (Å²) in [6.07, 6.45) is 0. The van der Waals surface area contributed by atoms with Crippen LogP contribution in [0.15, 0.2) is 9.72 Å². The van der Waals surface area contributed by atoms with Crippen LogP contribution in [0.3, 0.4) is 0 Å². The highest BCUT2D eigenvalue weighted by atomic mass is 32.2. The Morgan fingerprint density at radius 2 is 2.15 bits per heavy atom. The Morgan fingerprint density at radius 1 is 1.55 bits per heavy atom. The zero-order chi connectivity index (χ0) is 15.6. The summed E-state index contributed by atoms with van der Waals surface area (Å²) in [6, 6.07) is 0. The van der Waals surface area contributed by atoms with Crippen molar-refractivity contribution in [2.45, 2.75) is 18.1 Å². The fourth-order valence-corrected chi connectivity index (χ4v) is 4.23. The first-order chi connectivity index (χ1) is 9.15. The maximum Gasteiger partial charge on any atom is 0.358 e. The fraction of sp³-hybridized carbons (Fsp3) is 0.636. The summed E-state index contributed by atoms with van der Waals surface area (Å²) in [4.78, 5) is 15.3. The van der Waals surface area contributed by atoms with Gasteiger partial charge in [0.2, 0.25) is 0 Å². The smallest absolute Gasteiger partial charge is 0.358 e. The van der Waals surface area contributed by atoms with Crippen LogP contribution in [0.4, 0.5) is 0 Å².